The van der Waals surface area contributed by atoms with Crippen molar-refractivity contribution in [3.8, 4) is 0 Å². The van der Waals surface area contributed by atoms with Crippen LogP contribution in [0.25, 0.3) is 16.7 Å². The van der Waals surface area contributed by atoms with E-state index in [-0.39, 0.29) is 16.6 Å². The molecule has 0 atom stereocenters. The normalized spacial score (nSPS) is 11.2. The Balaban J connectivity index is 2.29. The van der Waals surface area contributed by atoms with Crippen LogP contribution in [0.15, 0.2) is 35.3 Å². The number of nitrogens with one attached hydrogen (secondary N) is 2. The first kappa shape index (κ1) is 17.8. The number of nitrogens with zero attached hydrogens (tertiary/aromatic N) is 3. The molecule has 0 bridgehead atoms. The molecule has 0 saturated heterocycles. The van der Waals surface area contributed by atoms with Crippen LogP contribution >= 0.6 is 0 Å². The Labute approximate surface area is 149 Å². The van der Waals surface area contributed by atoms with E-state index in [2.05, 4.69) is 10.3 Å². The van der Waals surface area contributed by atoms with Crippen LogP contribution in [0.2, 0.25) is 0 Å². The molecule has 0 saturated carbocycles. The molecule has 0 fully saturated rings. The fourth-order valence-corrected chi connectivity index (χ4v) is 2.88. The second-order valence-electron chi connectivity index (χ2n) is 5.77. The van der Waals surface area contributed by atoms with Gasteiger partial charge in [-0.15, -0.1) is 0 Å². The topological polar surface area (TPSA) is 101 Å². The maximum atomic E-state index is 12.9. The molecular formula is C18H21N5O3. The van der Waals surface area contributed by atoms with Crippen molar-refractivity contribution in [2.75, 3.05) is 20.3 Å². The number of hydrogen-bond acceptors (Lipinski definition) is 5. The van der Waals surface area contributed by atoms with Crippen molar-refractivity contribution < 1.29 is 9.53 Å². The maximum absolute atomic E-state index is 12.9. The minimum absolute atomic E-state index is 0.0283. The molecule has 0 aliphatic rings. The fourth-order valence-electron chi connectivity index (χ4n) is 2.88. The van der Waals surface area contributed by atoms with E-state index in [1.54, 1.807) is 29.0 Å². The lowest BCUT2D eigenvalue weighted by molar-refractivity contribution is 0.0960. The Morgan fingerprint density at radius 2 is 2.19 bits per heavy atom. The number of carbonyl (C=O) groups excluding carboxylic acids is 1. The monoisotopic (exact) mass is 355 g/mol. The molecule has 0 aliphatic heterocycles. The number of pyridine rings is 2. The molecule has 2 N–H and O–H groups in total. The second kappa shape index (κ2) is 7.49. The van der Waals surface area contributed by atoms with Gasteiger partial charge in [0.1, 0.15) is 16.8 Å². The number of carbonyl (C=O) groups is 1. The highest BCUT2D eigenvalue weighted by molar-refractivity contribution is 5.96. The van der Waals surface area contributed by atoms with Gasteiger partial charge in [-0.25, -0.2) is 4.98 Å². The summed E-state index contributed by atoms with van der Waals surface area (Å²) < 4.78 is 8.40. The van der Waals surface area contributed by atoms with Crippen molar-refractivity contribution in [2.24, 2.45) is 0 Å². The van der Waals surface area contributed by atoms with Crippen LogP contribution < -0.4 is 16.4 Å². The van der Waals surface area contributed by atoms with Gasteiger partial charge >= 0.3 is 0 Å². The van der Waals surface area contributed by atoms with Crippen LogP contribution in [0, 0.1) is 5.41 Å². The van der Waals surface area contributed by atoms with E-state index >= 15 is 0 Å². The Bertz CT molecular complexity index is 1080. The molecule has 0 radical (unpaired) electrons. The summed E-state index contributed by atoms with van der Waals surface area (Å²) in [6.07, 6.45) is 2.28. The number of hydrogen-bond donors (Lipinski definition) is 2. The van der Waals surface area contributed by atoms with E-state index in [9.17, 15) is 9.59 Å². The van der Waals surface area contributed by atoms with Gasteiger partial charge < -0.3 is 14.6 Å². The Morgan fingerprint density at radius 1 is 1.38 bits per heavy atom. The second-order valence-corrected chi connectivity index (χ2v) is 5.77. The molecule has 8 heteroatoms. The molecule has 0 unspecified atom stereocenters. The summed E-state index contributed by atoms with van der Waals surface area (Å²) in [7, 11) is 1.50. The average molecular weight is 355 g/mol. The van der Waals surface area contributed by atoms with E-state index in [4.69, 9.17) is 10.1 Å². The van der Waals surface area contributed by atoms with Crippen molar-refractivity contribution >= 4 is 22.6 Å². The summed E-state index contributed by atoms with van der Waals surface area (Å²) in [6.45, 7) is 3.48. The number of aromatic nitrogens is 3. The summed E-state index contributed by atoms with van der Waals surface area (Å²) >= 11 is 0. The highest BCUT2D eigenvalue weighted by Gasteiger charge is 2.16. The number of rotatable bonds is 6. The van der Waals surface area contributed by atoms with Gasteiger partial charge in [-0.2, -0.15) is 0 Å². The number of amides is 1. The van der Waals surface area contributed by atoms with Crippen molar-refractivity contribution in [3.63, 3.8) is 0 Å². The van der Waals surface area contributed by atoms with Gasteiger partial charge in [-0.1, -0.05) is 6.07 Å². The molecule has 136 valence electrons. The fraction of sp³-hybridized carbons (Fsp3) is 0.333. The largest absolute Gasteiger partial charge is 0.382 e. The third kappa shape index (κ3) is 3.11. The molecule has 8 nitrogen and oxygen atoms in total. The molecular weight excluding hydrogens is 334 g/mol. The highest BCUT2D eigenvalue weighted by atomic mass is 16.5. The predicted octanol–water partition coefficient (Wildman–Crippen LogP) is 0.915. The Hall–Kier alpha value is -3.00. The molecule has 0 spiro atoms. The van der Waals surface area contributed by atoms with E-state index < -0.39 is 5.91 Å². The van der Waals surface area contributed by atoms with Gasteiger partial charge in [0.15, 0.2) is 0 Å². The highest BCUT2D eigenvalue weighted by Crippen LogP contribution is 2.10. The van der Waals surface area contributed by atoms with Crippen LogP contribution in [0.4, 0.5) is 0 Å². The van der Waals surface area contributed by atoms with Crippen molar-refractivity contribution in [1.29, 1.82) is 5.41 Å². The van der Waals surface area contributed by atoms with E-state index in [0.29, 0.717) is 42.9 Å². The average Bonchev–Trinajstić information content (AvgIpc) is 2.66. The molecule has 1 amide bonds. The summed E-state index contributed by atoms with van der Waals surface area (Å²) in [5, 5.41) is 11.3. The van der Waals surface area contributed by atoms with Crippen LogP contribution in [0.5, 0.6) is 0 Å². The number of aryl methyl sites for hydroxylation is 1. The minimum atomic E-state index is -0.409. The van der Waals surface area contributed by atoms with Gasteiger partial charge in [-0.3, -0.25) is 19.4 Å². The first-order valence-corrected chi connectivity index (χ1v) is 8.47. The maximum Gasteiger partial charge on any atom is 0.267 e. The molecule has 3 rings (SSSR count). The summed E-state index contributed by atoms with van der Waals surface area (Å²) in [5.74, 6) is -0.409. The van der Waals surface area contributed by atoms with Crippen molar-refractivity contribution in [1.82, 2.24) is 19.3 Å². The summed E-state index contributed by atoms with van der Waals surface area (Å²) in [6, 6.07) is 6.73. The molecule has 26 heavy (non-hydrogen) atoms. The van der Waals surface area contributed by atoms with Crippen LogP contribution in [0.3, 0.4) is 0 Å². The molecule has 3 heterocycles. The number of fused-ring (bicyclic) bond motifs is 2. The first-order chi connectivity index (χ1) is 12.6. The van der Waals surface area contributed by atoms with Gasteiger partial charge in [-0.05, 0) is 31.5 Å². The first-order valence-electron chi connectivity index (χ1n) is 8.47. The predicted molar refractivity (Wildman–Crippen MR) is 97.3 cm³/mol. The lowest BCUT2D eigenvalue weighted by Crippen LogP contribution is -2.34. The Kier molecular flexibility index (Phi) is 5.13. The van der Waals surface area contributed by atoms with E-state index in [0.717, 1.165) is 0 Å². The minimum Gasteiger partial charge on any atom is -0.382 e. The zero-order valence-electron chi connectivity index (χ0n) is 14.8. The van der Waals surface area contributed by atoms with Gasteiger partial charge in [0.25, 0.3) is 11.5 Å². The van der Waals surface area contributed by atoms with Crippen LogP contribution in [-0.2, 0) is 11.3 Å². The molecule has 3 aromatic heterocycles. The zero-order valence-corrected chi connectivity index (χ0v) is 14.8. The number of ether oxygens (including phenoxy) is 1. The van der Waals surface area contributed by atoms with Crippen LogP contribution in [0.1, 0.15) is 23.7 Å². The van der Waals surface area contributed by atoms with Gasteiger partial charge in [0.05, 0.1) is 10.9 Å². The quantitative estimate of drug-likeness (QED) is 0.507. The van der Waals surface area contributed by atoms with Gasteiger partial charge in [0.2, 0.25) is 0 Å². The van der Waals surface area contributed by atoms with Gasteiger partial charge in [0, 0.05) is 33.0 Å². The summed E-state index contributed by atoms with van der Waals surface area (Å²) in [5.41, 5.74) is 0.798. The van der Waals surface area contributed by atoms with Crippen LogP contribution in [-0.4, -0.2) is 40.1 Å². The van der Waals surface area contributed by atoms with Crippen molar-refractivity contribution in [2.45, 2.75) is 19.9 Å². The van der Waals surface area contributed by atoms with Crippen molar-refractivity contribution in [3.05, 3.63) is 51.9 Å². The third-order valence-corrected chi connectivity index (χ3v) is 4.16. The SMILES string of the molecule is CCOCCCn1c(=N)c(C(=O)NC)cc2c(=O)n3ccccc3nc21. The third-order valence-electron chi connectivity index (χ3n) is 4.16. The van der Waals surface area contributed by atoms with E-state index in [1.807, 2.05) is 6.92 Å². The summed E-state index contributed by atoms with van der Waals surface area (Å²) in [4.78, 5) is 29.6. The molecule has 0 aromatic carbocycles. The smallest absolute Gasteiger partial charge is 0.267 e. The zero-order chi connectivity index (χ0) is 18.7. The lowest BCUT2D eigenvalue weighted by Gasteiger charge is -2.14. The molecule has 3 aromatic rings. The Morgan fingerprint density at radius 3 is 2.92 bits per heavy atom. The standard InChI is InChI=1S/C18H21N5O3/c1-3-26-10-6-9-23-15(19)12(17(24)20-2)11-13-16(23)21-14-7-4-5-8-22(14)18(13)25/h4-5,7-8,11,19H,3,6,9-10H2,1-2H3,(H,20,24). The van der Waals surface area contributed by atoms with E-state index in [1.165, 1.54) is 17.5 Å². The lowest BCUT2D eigenvalue weighted by atomic mass is 10.2. The molecule has 0 aliphatic carbocycles.